The van der Waals surface area contributed by atoms with Gasteiger partial charge in [0.1, 0.15) is 0 Å². The first-order chi connectivity index (χ1) is 22.9. The molecule has 15 heteroatoms. The summed E-state index contributed by atoms with van der Waals surface area (Å²) in [4.78, 5) is 61.2. The molecule has 2 aliphatic heterocycles. The summed E-state index contributed by atoms with van der Waals surface area (Å²) in [6.07, 6.45) is 0.813. The molecule has 0 radical (unpaired) electrons. The van der Waals surface area contributed by atoms with Crippen LogP contribution in [0.3, 0.4) is 0 Å². The van der Waals surface area contributed by atoms with Crippen molar-refractivity contribution in [3.05, 3.63) is 67.0 Å². The summed E-state index contributed by atoms with van der Waals surface area (Å²) >= 11 is 6.55. The molecule has 4 fully saturated rings. The van der Waals surface area contributed by atoms with E-state index in [1.54, 1.807) is 28.8 Å². The van der Waals surface area contributed by atoms with Crippen molar-refractivity contribution in [2.45, 2.75) is 70.9 Å². The topological polar surface area (TPSA) is 120 Å². The Morgan fingerprint density at radius 1 is 1.00 bits per heavy atom. The minimum atomic E-state index is -5.31. The van der Waals surface area contributed by atoms with E-state index in [1.165, 1.54) is 5.57 Å². The first-order valence-corrected chi connectivity index (χ1v) is 16.7. The van der Waals surface area contributed by atoms with Gasteiger partial charge in [0.2, 0.25) is 5.95 Å². The number of anilines is 1. The summed E-state index contributed by atoms with van der Waals surface area (Å²) < 4.78 is 47.3. The molecule has 4 saturated carbocycles. The van der Waals surface area contributed by atoms with Gasteiger partial charge in [-0.25, -0.2) is 14.2 Å². The largest absolute Gasteiger partial charge is 0.490 e. The van der Waals surface area contributed by atoms with Crippen LogP contribution in [0.25, 0.3) is 11.2 Å². The number of alkyl halides is 3. The SMILES string of the molecule is O=C(OCn1c(=O)n(CC(=O)C23CC4CC(CC(C4)C2)C3)c(=O)c2c1nc(N1CCC3=C1CNC3)n2Cc1ccccc1Cl)C(F)(F)F. The molecule has 2 aromatic heterocycles. The highest BCUT2D eigenvalue weighted by Crippen LogP contribution is 2.60. The van der Waals surface area contributed by atoms with Crippen molar-refractivity contribution in [3.8, 4) is 0 Å². The highest BCUT2D eigenvalue weighted by atomic mass is 35.5. The van der Waals surface area contributed by atoms with Crippen LogP contribution < -0.4 is 21.5 Å². The number of esters is 1. The van der Waals surface area contributed by atoms with Gasteiger partial charge in [0, 0.05) is 35.8 Å². The fraction of sp³-hybridized carbons (Fsp3) is 0.545. The zero-order chi connectivity index (χ0) is 33.5. The maximum atomic E-state index is 14.5. The smallest absolute Gasteiger partial charge is 0.437 e. The number of hydrogen-bond donors (Lipinski definition) is 1. The molecule has 1 aromatic carbocycles. The first kappa shape index (κ1) is 31.4. The summed E-state index contributed by atoms with van der Waals surface area (Å²) in [6, 6.07) is 7.02. The zero-order valence-electron chi connectivity index (χ0n) is 26.0. The molecule has 1 N–H and O–H groups in total. The van der Waals surface area contributed by atoms with Crippen molar-refractivity contribution in [2.24, 2.45) is 23.2 Å². The third-order valence-electron chi connectivity index (χ3n) is 11.1. The number of hydrogen-bond acceptors (Lipinski definition) is 8. The summed E-state index contributed by atoms with van der Waals surface area (Å²) in [5.74, 6) is -1.13. The molecule has 4 aliphatic carbocycles. The van der Waals surface area contributed by atoms with E-state index in [0.717, 1.165) is 40.5 Å². The molecular weight excluding hydrogens is 653 g/mol. The van der Waals surface area contributed by atoms with Gasteiger partial charge in [-0.15, -0.1) is 0 Å². The normalized spacial score (nSPS) is 26.2. The van der Waals surface area contributed by atoms with E-state index in [2.05, 4.69) is 10.1 Å². The Labute approximate surface area is 277 Å². The van der Waals surface area contributed by atoms with Gasteiger partial charge < -0.3 is 15.0 Å². The van der Waals surface area contributed by atoms with E-state index >= 15 is 0 Å². The van der Waals surface area contributed by atoms with Crippen LogP contribution in [0, 0.1) is 23.2 Å². The van der Waals surface area contributed by atoms with Gasteiger partial charge in [0.25, 0.3) is 5.56 Å². The van der Waals surface area contributed by atoms with Crippen LogP contribution in [0.2, 0.25) is 5.02 Å². The lowest BCUT2D eigenvalue weighted by Crippen LogP contribution is -2.52. The predicted octanol–water partition coefficient (Wildman–Crippen LogP) is 3.98. The first-order valence-electron chi connectivity index (χ1n) is 16.4. The van der Waals surface area contributed by atoms with Crippen molar-refractivity contribution < 1.29 is 27.5 Å². The highest BCUT2D eigenvalue weighted by Gasteiger charge is 2.54. The van der Waals surface area contributed by atoms with Gasteiger partial charge >= 0.3 is 17.8 Å². The third-order valence-corrected chi connectivity index (χ3v) is 11.5. The van der Waals surface area contributed by atoms with E-state index in [0.29, 0.717) is 67.2 Å². The van der Waals surface area contributed by atoms with Crippen molar-refractivity contribution in [2.75, 3.05) is 24.5 Å². The second-order valence-corrected chi connectivity index (χ2v) is 14.5. The molecule has 9 rings (SSSR count). The summed E-state index contributed by atoms with van der Waals surface area (Å²) in [5, 5.41) is 3.72. The van der Waals surface area contributed by atoms with Crippen molar-refractivity contribution >= 4 is 40.5 Å². The number of nitrogens with zero attached hydrogens (tertiary/aromatic N) is 5. The molecule has 0 atom stereocenters. The standard InChI is InChI=1S/C33H34ClF3N6O5/c34-23-4-2-1-3-22(23)15-41-26-27(39-30(41)40-6-5-21-13-38-14-24(21)40)43(17-48-29(46)33(35,36)37)31(47)42(28(26)45)16-25(44)32-10-18-7-19(11-32)9-20(8-18)12-32/h1-4,18-20,38H,5-17H2. The third kappa shape index (κ3) is 5.10. The fourth-order valence-corrected chi connectivity index (χ4v) is 9.53. The second kappa shape index (κ2) is 11.3. The number of fused-ring (bicyclic) bond motifs is 1. The van der Waals surface area contributed by atoms with Crippen LogP contribution >= 0.6 is 11.6 Å². The molecule has 0 amide bonds. The van der Waals surface area contributed by atoms with Gasteiger partial charge in [-0.1, -0.05) is 29.8 Å². The van der Waals surface area contributed by atoms with Crippen molar-refractivity contribution in [1.29, 1.82) is 0 Å². The van der Waals surface area contributed by atoms with Gasteiger partial charge in [-0.2, -0.15) is 18.2 Å². The van der Waals surface area contributed by atoms with Crippen molar-refractivity contribution in [3.63, 3.8) is 0 Å². The number of carbonyl (C=O) groups is 2. The summed E-state index contributed by atoms with van der Waals surface area (Å²) in [7, 11) is 0. The Bertz CT molecular complexity index is 1980. The molecule has 4 bridgehead atoms. The average Bonchev–Trinajstić information content (AvgIpc) is 3.74. The van der Waals surface area contributed by atoms with Crippen LogP contribution in [-0.2, 0) is 34.1 Å². The Kier molecular flexibility index (Phi) is 7.40. The minimum Gasteiger partial charge on any atom is -0.437 e. The Balaban J connectivity index is 1.29. The van der Waals surface area contributed by atoms with Gasteiger partial charge in [0.15, 0.2) is 23.7 Å². The van der Waals surface area contributed by atoms with E-state index in [4.69, 9.17) is 16.6 Å². The molecular formula is C33H34ClF3N6O5. The second-order valence-electron chi connectivity index (χ2n) is 14.1. The van der Waals surface area contributed by atoms with Gasteiger partial charge in [-0.05, 0) is 79.9 Å². The molecule has 6 aliphatic rings. The number of ether oxygens (including phenoxy) is 1. The summed E-state index contributed by atoms with van der Waals surface area (Å²) in [6.45, 7) is 0.110. The molecule has 0 unspecified atom stereocenters. The number of benzene rings is 1. The number of ketones is 1. The lowest BCUT2D eigenvalue weighted by Gasteiger charge is -2.56. The Hall–Kier alpha value is -3.91. The molecule has 0 saturated heterocycles. The van der Waals surface area contributed by atoms with E-state index in [1.807, 2.05) is 4.90 Å². The van der Waals surface area contributed by atoms with Crippen LogP contribution in [-0.4, -0.2) is 56.2 Å². The number of halogens is 4. The van der Waals surface area contributed by atoms with E-state index in [-0.39, 0.29) is 29.4 Å². The molecule has 11 nitrogen and oxygen atoms in total. The number of rotatable bonds is 8. The highest BCUT2D eigenvalue weighted by molar-refractivity contribution is 6.31. The molecule has 4 heterocycles. The van der Waals surface area contributed by atoms with Crippen LogP contribution in [0.1, 0.15) is 50.5 Å². The fourth-order valence-electron chi connectivity index (χ4n) is 9.34. The number of aromatic nitrogens is 4. The molecule has 0 spiro atoms. The number of carbonyl (C=O) groups excluding carboxylic acids is 2. The minimum absolute atomic E-state index is 0.0384. The van der Waals surface area contributed by atoms with Crippen LogP contribution in [0.15, 0.2) is 45.1 Å². The molecule has 3 aromatic rings. The zero-order valence-corrected chi connectivity index (χ0v) is 26.8. The van der Waals surface area contributed by atoms with E-state index < -0.39 is 42.1 Å². The molecule has 48 heavy (non-hydrogen) atoms. The summed E-state index contributed by atoms with van der Waals surface area (Å²) in [5.41, 5.74) is -0.101. The van der Waals surface area contributed by atoms with Gasteiger partial charge in [0.05, 0.1) is 13.1 Å². The monoisotopic (exact) mass is 686 g/mol. The Morgan fingerprint density at radius 2 is 1.69 bits per heavy atom. The Morgan fingerprint density at radius 3 is 2.35 bits per heavy atom. The lowest BCUT2D eigenvalue weighted by atomic mass is 9.48. The van der Waals surface area contributed by atoms with Gasteiger partial charge in [-0.3, -0.25) is 18.7 Å². The molecule has 254 valence electrons. The lowest BCUT2D eigenvalue weighted by molar-refractivity contribution is -0.203. The van der Waals surface area contributed by atoms with Crippen LogP contribution in [0.5, 0.6) is 0 Å². The van der Waals surface area contributed by atoms with E-state index in [9.17, 15) is 32.3 Å². The number of imidazole rings is 1. The number of Topliss-reactive ketones (excluding diaryl/α,β-unsaturated/α-hetero) is 1. The quantitative estimate of drug-likeness (QED) is 0.354. The predicted molar refractivity (Wildman–Crippen MR) is 168 cm³/mol. The average molecular weight is 687 g/mol. The maximum Gasteiger partial charge on any atom is 0.490 e. The maximum absolute atomic E-state index is 14.5. The van der Waals surface area contributed by atoms with Crippen LogP contribution in [0.4, 0.5) is 19.1 Å². The number of nitrogens with one attached hydrogen (secondary N) is 1. The van der Waals surface area contributed by atoms with Crippen molar-refractivity contribution in [1.82, 2.24) is 24.0 Å².